The van der Waals surface area contributed by atoms with Gasteiger partial charge < -0.3 is 9.84 Å². The Hall–Kier alpha value is -1.46. The molecule has 0 saturated carbocycles. The third-order valence-electron chi connectivity index (χ3n) is 3.09. The summed E-state index contributed by atoms with van der Waals surface area (Å²) in [5, 5.41) is 12.4. The quantitative estimate of drug-likeness (QED) is 0.809. The zero-order chi connectivity index (χ0) is 12.1. The normalized spacial score (nSPS) is 18.8. The molecule has 92 valence electrons. The molecule has 2 heterocycles. The summed E-state index contributed by atoms with van der Waals surface area (Å²) < 4.78 is 5.21. The second-order valence-corrected chi connectivity index (χ2v) is 4.17. The Morgan fingerprint density at radius 2 is 2.24 bits per heavy atom. The van der Waals surface area contributed by atoms with Crippen molar-refractivity contribution in [1.29, 1.82) is 0 Å². The van der Waals surface area contributed by atoms with E-state index in [1.54, 1.807) is 6.20 Å². The summed E-state index contributed by atoms with van der Waals surface area (Å²) in [6.45, 7) is 1.44. The lowest BCUT2D eigenvalue weighted by atomic mass is 9.90. The molecule has 0 aliphatic carbocycles. The van der Waals surface area contributed by atoms with Gasteiger partial charge in [0.2, 0.25) is 0 Å². The van der Waals surface area contributed by atoms with E-state index in [0.717, 1.165) is 5.69 Å². The van der Waals surface area contributed by atoms with E-state index in [4.69, 9.17) is 4.74 Å². The molecule has 0 atom stereocenters. The highest BCUT2D eigenvalue weighted by Gasteiger charge is 2.39. The Bertz CT molecular complexity index is 375. The number of carboxylic acid groups (broad SMARTS) is 1. The van der Waals surface area contributed by atoms with Gasteiger partial charge in [-0.2, -0.15) is 0 Å². The van der Waals surface area contributed by atoms with Crippen LogP contribution in [0.3, 0.4) is 0 Å². The lowest BCUT2D eigenvalue weighted by Crippen LogP contribution is -2.55. The van der Waals surface area contributed by atoms with Crippen LogP contribution < -0.4 is 5.32 Å². The average Bonchev–Trinajstić information content (AvgIpc) is 2.38. The van der Waals surface area contributed by atoms with Gasteiger partial charge in [-0.3, -0.25) is 15.1 Å². The number of nitrogens with one attached hydrogen (secondary N) is 1. The highest BCUT2D eigenvalue weighted by molar-refractivity contribution is 5.78. The van der Waals surface area contributed by atoms with Gasteiger partial charge in [0.15, 0.2) is 0 Å². The number of aliphatic carboxylic acids is 1. The lowest BCUT2D eigenvalue weighted by Gasteiger charge is -2.34. The van der Waals surface area contributed by atoms with E-state index in [0.29, 0.717) is 32.6 Å². The minimum atomic E-state index is -0.865. The zero-order valence-corrected chi connectivity index (χ0v) is 9.56. The van der Waals surface area contributed by atoms with Crippen LogP contribution in [-0.4, -0.2) is 34.8 Å². The number of hydrogen-bond donors (Lipinski definition) is 2. The summed E-state index contributed by atoms with van der Waals surface area (Å²) in [6.07, 6.45) is 2.69. The molecule has 1 fully saturated rings. The van der Waals surface area contributed by atoms with E-state index in [1.807, 2.05) is 18.2 Å². The van der Waals surface area contributed by atoms with Crippen LogP contribution in [0.2, 0.25) is 0 Å². The number of ether oxygens (including phenoxy) is 1. The van der Waals surface area contributed by atoms with E-state index in [2.05, 4.69) is 10.3 Å². The van der Waals surface area contributed by atoms with Gasteiger partial charge in [0, 0.05) is 26.0 Å². The van der Waals surface area contributed by atoms with E-state index in [9.17, 15) is 9.90 Å². The SMILES string of the molecule is O=C(O)C1(NCc2ccccn2)CCOCC1. The highest BCUT2D eigenvalue weighted by Crippen LogP contribution is 2.21. The van der Waals surface area contributed by atoms with Gasteiger partial charge in [-0.05, 0) is 25.0 Å². The maximum absolute atomic E-state index is 11.4. The maximum atomic E-state index is 11.4. The van der Waals surface area contributed by atoms with Crippen molar-refractivity contribution in [3.63, 3.8) is 0 Å². The Labute approximate surface area is 99.8 Å². The van der Waals surface area contributed by atoms with Gasteiger partial charge in [-0.15, -0.1) is 0 Å². The number of rotatable bonds is 4. The molecule has 0 radical (unpaired) electrons. The number of nitrogens with zero attached hydrogens (tertiary/aromatic N) is 1. The van der Waals surface area contributed by atoms with Crippen LogP contribution in [0.25, 0.3) is 0 Å². The molecule has 0 spiro atoms. The van der Waals surface area contributed by atoms with Crippen molar-refractivity contribution in [2.45, 2.75) is 24.9 Å². The molecule has 1 saturated heterocycles. The number of hydrogen-bond acceptors (Lipinski definition) is 4. The van der Waals surface area contributed by atoms with Crippen LogP contribution in [-0.2, 0) is 16.1 Å². The first-order valence-corrected chi connectivity index (χ1v) is 5.69. The molecule has 0 bridgehead atoms. The lowest BCUT2D eigenvalue weighted by molar-refractivity contribution is -0.149. The Morgan fingerprint density at radius 3 is 2.82 bits per heavy atom. The smallest absolute Gasteiger partial charge is 0.324 e. The molecule has 1 aromatic heterocycles. The number of carbonyl (C=O) groups is 1. The Morgan fingerprint density at radius 1 is 1.47 bits per heavy atom. The second kappa shape index (κ2) is 5.25. The van der Waals surface area contributed by atoms with Gasteiger partial charge in [0.1, 0.15) is 5.54 Å². The van der Waals surface area contributed by atoms with Gasteiger partial charge in [0.25, 0.3) is 0 Å². The first-order chi connectivity index (χ1) is 8.23. The minimum Gasteiger partial charge on any atom is -0.480 e. The molecule has 0 amide bonds. The van der Waals surface area contributed by atoms with Gasteiger partial charge >= 0.3 is 5.97 Å². The summed E-state index contributed by atoms with van der Waals surface area (Å²) >= 11 is 0. The van der Waals surface area contributed by atoms with Crippen LogP contribution in [0.5, 0.6) is 0 Å². The molecule has 2 N–H and O–H groups in total. The molecular weight excluding hydrogens is 220 g/mol. The highest BCUT2D eigenvalue weighted by atomic mass is 16.5. The largest absolute Gasteiger partial charge is 0.480 e. The number of pyridine rings is 1. The van der Waals surface area contributed by atoms with Crippen molar-refractivity contribution >= 4 is 5.97 Å². The molecule has 17 heavy (non-hydrogen) atoms. The molecule has 2 rings (SSSR count). The summed E-state index contributed by atoms with van der Waals surface area (Å²) in [5.41, 5.74) is -0.0184. The van der Waals surface area contributed by atoms with Gasteiger partial charge in [0.05, 0.1) is 5.69 Å². The molecule has 5 heteroatoms. The van der Waals surface area contributed by atoms with Crippen molar-refractivity contribution < 1.29 is 14.6 Å². The summed E-state index contributed by atoms with van der Waals surface area (Å²) in [7, 11) is 0. The molecule has 1 aliphatic rings. The fourth-order valence-corrected chi connectivity index (χ4v) is 1.95. The first-order valence-electron chi connectivity index (χ1n) is 5.69. The molecule has 1 aliphatic heterocycles. The van der Waals surface area contributed by atoms with E-state index >= 15 is 0 Å². The van der Waals surface area contributed by atoms with Gasteiger partial charge in [-0.1, -0.05) is 6.07 Å². The molecule has 0 unspecified atom stereocenters. The van der Waals surface area contributed by atoms with Crippen LogP contribution in [0.1, 0.15) is 18.5 Å². The third-order valence-corrected chi connectivity index (χ3v) is 3.09. The molecule has 5 nitrogen and oxygen atoms in total. The molecule has 0 aromatic carbocycles. The van der Waals surface area contributed by atoms with E-state index in [-0.39, 0.29) is 0 Å². The van der Waals surface area contributed by atoms with Crippen molar-refractivity contribution in [3.05, 3.63) is 30.1 Å². The van der Waals surface area contributed by atoms with E-state index in [1.165, 1.54) is 0 Å². The second-order valence-electron chi connectivity index (χ2n) is 4.17. The summed E-state index contributed by atoms with van der Waals surface area (Å²) in [5.74, 6) is -0.809. The topological polar surface area (TPSA) is 71.5 Å². The Kier molecular flexibility index (Phi) is 3.71. The fourth-order valence-electron chi connectivity index (χ4n) is 1.95. The maximum Gasteiger partial charge on any atom is 0.324 e. The van der Waals surface area contributed by atoms with Gasteiger partial charge in [-0.25, -0.2) is 0 Å². The molecular formula is C12H16N2O3. The van der Waals surface area contributed by atoms with Crippen LogP contribution in [0.15, 0.2) is 24.4 Å². The summed E-state index contributed by atoms with van der Waals surface area (Å²) in [6, 6.07) is 5.61. The minimum absolute atomic E-state index is 0.465. The molecule has 1 aromatic rings. The number of aromatic nitrogens is 1. The predicted molar refractivity (Wildman–Crippen MR) is 61.5 cm³/mol. The van der Waals surface area contributed by atoms with Crippen molar-refractivity contribution in [2.24, 2.45) is 0 Å². The predicted octanol–water partition coefficient (Wildman–Crippen LogP) is 0.805. The van der Waals surface area contributed by atoms with Crippen molar-refractivity contribution in [1.82, 2.24) is 10.3 Å². The third kappa shape index (κ3) is 2.81. The van der Waals surface area contributed by atoms with Crippen LogP contribution >= 0.6 is 0 Å². The summed E-state index contributed by atoms with van der Waals surface area (Å²) in [4.78, 5) is 15.5. The Balaban J connectivity index is 2.01. The van der Waals surface area contributed by atoms with Crippen molar-refractivity contribution in [2.75, 3.05) is 13.2 Å². The monoisotopic (exact) mass is 236 g/mol. The van der Waals surface area contributed by atoms with E-state index < -0.39 is 11.5 Å². The number of carboxylic acids is 1. The van der Waals surface area contributed by atoms with Crippen LogP contribution in [0, 0.1) is 0 Å². The van der Waals surface area contributed by atoms with Crippen LogP contribution in [0.4, 0.5) is 0 Å². The fraction of sp³-hybridized carbons (Fsp3) is 0.500. The standard InChI is InChI=1S/C12H16N2O3/c15-11(16)12(4-7-17-8-5-12)14-9-10-3-1-2-6-13-10/h1-3,6,14H,4-5,7-9H2,(H,15,16). The first kappa shape index (κ1) is 12.0. The van der Waals surface area contributed by atoms with Crippen molar-refractivity contribution in [3.8, 4) is 0 Å². The average molecular weight is 236 g/mol. The zero-order valence-electron chi connectivity index (χ0n) is 9.56.